The highest BCUT2D eigenvalue weighted by atomic mass is 15.1. The molecule has 0 aromatic rings. The second-order valence-corrected chi connectivity index (χ2v) is 4.64. The smallest absolute Gasteiger partial charge is 0.0944 e. The van der Waals surface area contributed by atoms with Crippen molar-refractivity contribution in [2.24, 2.45) is 5.92 Å². The van der Waals surface area contributed by atoms with E-state index in [0.717, 1.165) is 12.0 Å². The molecule has 0 bridgehead atoms. The first-order chi connectivity index (χ1) is 5.86. The van der Waals surface area contributed by atoms with E-state index < -0.39 is 0 Å². The zero-order valence-corrected chi connectivity index (χ0v) is 8.18. The molecule has 70 valence electrons. The van der Waals surface area contributed by atoms with Gasteiger partial charge in [-0.2, -0.15) is 0 Å². The summed E-state index contributed by atoms with van der Waals surface area (Å²) in [7, 11) is 2.35. The molecule has 3 atom stereocenters. The van der Waals surface area contributed by atoms with Crippen molar-refractivity contribution >= 4 is 0 Å². The van der Waals surface area contributed by atoms with Gasteiger partial charge in [-0.05, 0) is 12.8 Å². The molecule has 2 heteroatoms. The van der Waals surface area contributed by atoms with Crippen LogP contribution in [-0.2, 0) is 0 Å². The van der Waals surface area contributed by atoms with E-state index in [9.17, 15) is 0 Å². The van der Waals surface area contributed by atoms with Crippen LogP contribution >= 0.6 is 0 Å². The first-order valence-corrected chi connectivity index (χ1v) is 5.51. The van der Waals surface area contributed by atoms with Crippen molar-refractivity contribution in [1.29, 1.82) is 0 Å². The fourth-order valence-electron chi connectivity index (χ4n) is 2.91. The van der Waals surface area contributed by atoms with E-state index in [-0.39, 0.29) is 0 Å². The maximum absolute atomic E-state index is 2.59. The molecule has 2 saturated heterocycles. The third-order valence-electron chi connectivity index (χ3n) is 3.61. The van der Waals surface area contributed by atoms with E-state index in [1.54, 1.807) is 4.90 Å². The normalized spacial score (nSPS) is 43.2. The number of nitrogens with two attached hydrogens (primary N) is 1. The minimum Gasteiger partial charge on any atom is -0.343 e. The van der Waals surface area contributed by atoms with Crippen molar-refractivity contribution in [3.63, 3.8) is 0 Å². The lowest BCUT2D eigenvalue weighted by Crippen LogP contribution is -3.11. The molecule has 2 rings (SSSR count). The van der Waals surface area contributed by atoms with E-state index in [0.29, 0.717) is 0 Å². The summed E-state index contributed by atoms with van der Waals surface area (Å²) in [6.07, 6.45) is 5.90. The molecule has 12 heavy (non-hydrogen) atoms. The molecule has 0 spiro atoms. The highest BCUT2D eigenvalue weighted by Crippen LogP contribution is 2.15. The molecule has 0 saturated carbocycles. The molecule has 2 aliphatic rings. The molecule has 2 aliphatic heterocycles. The lowest BCUT2D eigenvalue weighted by Gasteiger charge is -2.29. The van der Waals surface area contributed by atoms with Crippen molar-refractivity contribution in [1.82, 2.24) is 0 Å². The maximum atomic E-state index is 2.59. The van der Waals surface area contributed by atoms with Gasteiger partial charge in [0.15, 0.2) is 0 Å². The van der Waals surface area contributed by atoms with Gasteiger partial charge >= 0.3 is 0 Å². The van der Waals surface area contributed by atoms with E-state index in [1.807, 2.05) is 0 Å². The van der Waals surface area contributed by atoms with Gasteiger partial charge in [-0.3, -0.25) is 0 Å². The van der Waals surface area contributed by atoms with Gasteiger partial charge in [0.2, 0.25) is 0 Å². The molecule has 2 heterocycles. The second kappa shape index (κ2) is 3.75. The Kier molecular flexibility index (Phi) is 2.66. The van der Waals surface area contributed by atoms with Gasteiger partial charge in [0, 0.05) is 12.8 Å². The number of likely N-dealkylation sites (tertiary alicyclic amines) is 1. The summed E-state index contributed by atoms with van der Waals surface area (Å²) in [6, 6.07) is 0.986. The van der Waals surface area contributed by atoms with Gasteiger partial charge in [0.25, 0.3) is 0 Å². The number of quaternary nitrogens is 2. The topological polar surface area (TPSA) is 21.1 Å². The Hall–Kier alpha value is -0.0800. The van der Waals surface area contributed by atoms with Crippen molar-refractivity contribution in [2.45, 2.75) is 31.7 Å². The Bertz CT molecular complexity index is 141. The Morgan fingerprint density at radius 3 is 2.83 bits per heavy atom. The van der Waals surface area contributed by atoms with E-state index in [1.165, 1.54) is 45.3 Å². The van der Waals surface area contributed by atoms with Crippen LogP contribution in [0.2, 0.25) is 0 Å². The summed E-state index contributed by atoms with van der Waals surface area (Å²) in [4.78, 5) is 1.76. The third-order valence-corrected chi connectivity index (χ3v) is 3.61. The average molecular weight is 170 g/mol. The number of piperidine rings is 1. The molecule has 1 unspecified atom stereocenters. The molecule has 0 aromatic carbocycles. The summed E-state index contributed by atoms with van der Waals surface area (Å²) in [6.45, 7) is 4.23. The average Bonchev–Trinajstić information content (AvgIpc) is 2.56. The first-order valence-electron chi connectivity index (χ1n) is 5.51. The summed E-state index contributed by atoms with van der Waals surface area (Å²) in [5, 5.41) is 2.59. The molecule has 2 fully saturated rings. The minimum absolute atomic E-state index is 0.986. The van der Waals surface area contributed by atoms with Crippen LogP contribution in [0, 0.1) is 5.92 Å². The predicted molar refractivity (Wildman–Crippen MR) is 49.2 cm³/mol. The molecular formula is C10H22N2+2. The molecule has 0 aliphatic carbocycles. The fourth-order valence-corrected chi connectivity index (χ4v) is 2.91. The van der Waals surface area contributed by atoms with Crippen LogP contribution < -0.4 is 10.2 Å². The highest BCUT2D eigenvalue weighted by molar-refractivity contribution is 4.72. The highest BCUT2D eigenvalue weighted by Gasteiger charge is 2.32. The van der Waals surface area contributed by atoms with Crippen LogP contribution in [0.3, 0.4) is 0 Å². The summed E-state index contributed by atoms with van der Waals surface area (Å²) in [5.41, 5.74) is 0. The fraction of sp³-hybridized carbons (Fsp3) is 1.00. The number of hydrogen-bond acceptors (Lipinski definition) is 0. The Balaban J connectivity index is 1.85. The van der Waals surface area contributed by atoms with Crippen molar-refractivity contribution < 1.29 is 10.2 Å². The number of hydrogen-bond donors (Lipinski definition) is 2. The first kappa shape index (κ1) is 8.52. The molecule has 0 aromatic heterocycles. The largest absolute Gasteiger partial charge is 0.343 e. The van der Waals surface area contributed by atoms with Crippen LogP contribution in [0.5, 0.6) is 0 Å². The Morgan fingerprint density at radius 2 is 2.17 bits per heavy atom. The molecule has 0 amide bonds. The lowest BCUT2D eigenvalue weighted by atomic mass is 9.90. The SMILES string of the molecule is C[NH+]1CCC[C@H]([C@@H]2CCC[NH2+]2)C1. The van der Waals surface area contributed by atoms with E-state index in [4.69, 9.17) is 0 Å². The van der Waals surface area contributed by atoms with Gasteiger partial charge in [0.1, 0.15) is 0 Å². The quantitative estimate of drug-likeness (QED) is 0.485. The summed E-state index contributed by atoms with van der Waals surface area (Å²) >= 11 is 0. The van der Waals surface area contributed by atoms with Gasteiger partial charge in [-0.25, -0.2) is 0 Å². The minimum atomic E-state index is 0.986. The molecular weight excluding hydrogens is 148 g/mol. The molecule has 3 N–H and O–H groups in total. The van der Waals surface area contributed by atoms with E-state index >= 15 is 0 Å². The number of nitrogens with one attached hydrogen (secondary N) is 1. The van der Waals surface area contributed by atoms with Gasteiger partial charge in [-0.15, -0.1) is 0 Å². The Morgan fingerprint density at radius 1 is 1.25 bits per heavy atom. The monoisotopic (exact) mass is 170 g/mol. The third kappa shape index (κ3) is 1.80. The second-order valence-electron chi connectivity index (χ2n) is 4.64. The van der Waals surface area contributed by atoms with Crippen molar-refractivity contribution in [3.05, 3.63) is 0 Å². The zero-order chi connectivity index (χ0) is 8.39. The van der Waals surface area contributed by atoms with Gasteiger partial charge < -0.3 is 10.2 Å². The van der Waals surface area contributed by atoms with Crippen LogP contribution in [0.1, 0.15) is 25.7 Å². The standard InChI is InChI=1S/C10H20N2/c1-12-7-3-4-9(8-12)10-5-2-6-11-10/h9-11H,2-8H2,1H3/p+2/t9-,10-/m0/s1. The maximum Gasteiger partial charge on any atom is 0.0944 e. The molecule has 2 nitrogen and oxygen atoms in total. The van der Waals surface area contributed by atoms with Crippen LogP contribution in [0.4, 0.5) is 0 Å². The summed E-state index contributed by atoms with van der Waals surface area (Å²) in [5.74, 6) is 1.03. The summed E-state index contributed by atoms with van der Waals surface area (Å²) < 4.78 is 0. The molecule has 0 radical (unpaired) electrons. The van der Waals surface area contributed by atoms with Crippen LogP contribution in [0.15, 0.2) is 0 Å². The van der Waals surface area contributed by atoms with Crippen molar-refractivity contribution in [2.75, 3.05) is 26.7 Å². The predicted octanol–water partition coefficient (Wildman–Crippen LogP) is -1.36. The van der Waals surface area contributed by atoms with Gasteiger partial charge in [0.05, 0.1) is 38.6 Å². The number of rotatable bonds is 1. The van der Waals surface area contributed by atoms with Crippen LogP contribution in [-0.4, -0.2) is 32.7 Å². The van der Waals surface area contributed by atoms with Crippen molar-refractivity contribution in [3.8, 4) is 0 Å². The lowest BCUT2D eigenvalue weighted by molar-refractivity contribution is -0.892. The van der Waals surface area contributed by atoms with Gasteiger partial charge in [-0.1, -0.05) is 0 Å². The van der Waals surface area contributed by atoms with Crippen LogP contribution in [0.25, 0.3) is 0 Å². The zero-order valence-electron chi connectivity index (χ0n) is 8.18. The Labute approximate surface area is 75.3 Å². The van der Waals surface area contributed by atoms with E-state index in [2.05, 4.69) is 12.4 Å².